The molecule has 27 heavy (non-hydrogen) atoms. The molecule has 2 rings (SSSR count). The smallest absolute Gasteiger partial charge is 0.344 e. The van der Waals surface area contributed by atoms with Crippen molar-refractivity contribution in [2.24, 2.45) is 0 Å². The lowest BCUT2D eigenvalue weighted by atomic mass is 10.1. The van der Waals surface area contributed by atoms with Crippen molar-refractivity contribution in [1.82, 2.24) is 0 Å². The number of esters is 1. The topological polar surface area (TPSA) is 64.6 Å². The molecule has 1 atom stereocenters. The van der Waals surface area contributed by atoms with Gasteiger partial charge >= 0.3 is 5.97 Å². The van der Waals surface area contributed by atoms with Crippen LogP contribution >= 0.6 is 0 Å². The van der Waals surface area contributed by atoms with Crippen molar-refractivity contribution in [2.45, 2.75) is 33.8 Å². The molecular formula is C20H21F2NO4. The summed E-state index contributed by atoms with van der Waals surface area (Å²) in [5.41, 5.74) is 2.65. The first-order valence-corrected chi connectivity index (χ1v) is 8.33. The van der Waals surface area contributed by atoms with Crippen LogP contribution in [0.25, 0.3) is 0 Å². The van der Waals surface area contributed by atoms with Crippen LogP contribution in [0.5, 0.6) is 5.75 Å². The maximum Gasteiger partial charge on any atom is 0.344 e. The van der Waals surface area contributed by atoms with Crippen molar-refractivity contribution in [3.63, 3.8) is 0 Å². The molecule has 0 radical (unpaired) electrons. The maximum atomic E-state index is 13.6. The third-order valence-corrected chi connectivity index (χ3v) is 3.81. The van der Waals surface area contributed by atoms with Crippen LogP contribution in [0.1, 0.15) is 23.6 Å². The highest BCUT2D eigenvalue weighted by Gasteiger charge is 2.20. The first-order chi connectivity index (χ1) is 12.7. The summed E-state index contributed by atoms with van der Waals surface area (Å²) < 4.78 is 37.0. The molecule has 0 aromatic heterocycles. The first kappa shape index (κ1) is 20.4. The summed E-state index contributed by atoms with van der Waals surface area (Å²) in [6.45, 7) is 6.68. The lowest BCUT2D eigenvalue weighted by molar-refractivity contribution is -0.155. The van der Waals surface area contributed by atoms with E-state index in [2.05, 4.69) is 5.32 Å². The Kier molecular flexibility index (Phi) is 6.50. The number of hydrogen-bond donors (Lipinski definition) is 1. The van der Waals surface area contributed by atoms with Crippen molar-refractivity contribution in [3.8, 4) is 5.75 Å². The Morgan fingerprint density at radius 3 is 2.30 bits per heavy atom. The van der Waals surface area contributed by atoms with E-state index >= 15 is 0 Å². The molecule has 2 aromatic rings. The third kappa shape index (κ3) is 5.51. The molecule has 1 N–H and O–H groups in total. The van der Waals surface area contributed by atoms with Gasteiger partial charge in [-0.25, -0.2) is 13.6 Å². The molecule has 7 heteroatoms. The van der Waals surface area contributed by atoms with E-state index in [9.17, 15) is 18.4 Å². The van der Waals surface area contributed by atoms with Crippen molar-refractivity contribution in [3.05, 3.63) is 58.7 Å². The van der Waals surface area contributed by atoms with Crippen molar-refractivity contribution >= 4 is 17.6 Å². The minimum atomic E-state index is -1.18. The van der Waals surface area contributed by atoms with Gasteiger partial charge in [0.05, 0.1) is 5.69 Å². The summed E-state index contributed by atoms with van der Waals surface area (Å²) in [5, 5.41) is 2.24. The molecule has 0 unspecified atom stereocenters. The van der Waals surface area contributed by atoms with Gasteiger partial charge in [-0.15, -0.1) is 0 Å². The number of benzene rings is 2. The summed E-state index contributed by atoms with van der Waals surface area (Å²) >= 11 is 0. The van der Waals surface area contributed by atoms with E-state index in [0.717, 1.165) is 28.8 Å². The Morgan fingerprint density at radius 1 is 1.07 bits per heavy atom. The van der Waals surface area contributed by atoms with Gasteiger partial charge in [0.25, 0.3) is 5.91 Å². The zero-order chi connectivity index (χ0) is 20.1. The number of nitrogens with one attached hydrogen (secondary N) is 1. The quantitative estimate of drug-likeness (QED) is 0.777. The van der Waals surface area contributed by atoms with Crippen LogP contribution in [0, 0.1) is 32.4 Å². The van der Waals surface area contributed by atoms with E-state index in [1.807, 2.05) is 32.9 Å². The number of halogens is 2. The van der Waals surface area contributed by atoms with Crippen LogP contribution < -0.4 is 10.1 Å². The Bertz CT molecular complexity index is 844. The third-order valence-electron chi connectivity index (χ3n) is 3.81. The Labute approximate surface area is 156 Å². The van der Waals surface area contributed by atoms with E-state index in [1.54, 1.807) is 0 Å². The Hall–Kier alpha value is -2.96. The number of carbonyl (C=O) groups is 2. The summed E-state index contributed by atoms with van der Waals surface area (Å²) in [5.74, 6) is -2.57. The largest absolute Gasteiger partial charge is 0.481 e. The number of rotatable bonds is 6. The lowest BCUT2D eigenvalue weighted by Gasteiger charge is -2.16. The van der Waals surface area contributed by atoms with Crippen LogP contribution in [0.4, 0.5) is 14.5 Å². The molecule has 144 valence electrons. The number of ether oxygens (including phenoxy) is 2. The van der Waals surface area contributed by atoms with Crippen molar-refractivity contribution in [2.75, 3.05) is 11.9 Å². The number of aryl methyl sites for hydroxylation is 3. The average Bonchev–Trinajstić information content (AvgIpc) is 2.56. The Balaban J connectivity index is 1.90. The summed E-state index contributed by atoms with van der Waals surface area (Å²) in [6, 6.07) is 6.60. The average molecular weight is 377 g/mol. The van der Waals surface area contributed by atoms with Crippen LogP contribution in [0.2, 0.25) is 0 Å². The van der Waals surface area contributed by atoms with E-state index in [4.69, 9.17) is 9.47 Å². The van der Waals surface area contributed by atoms with E-state index in [1.165, 1.54) is 6.92 Å². The van der Waals surface area contributed by atoms with Gasteiger partial charge in [-0.1, -0.05) is 17.7 Å². The summed E-state index contributed by atoms with van der Waals surface area (Å²) in [6.07, 6.45) is -1.18. The van der Waals surface area contributed by atoms with Crippen LogP contribution in [0.3, 0.4) is 0 Å². The van der Waals surface area contributed by atoms with E-state index < -0.39 is 29.6 Å². The van der Waals surface area contributed by atoms with Gasteiger partial charge < -0.3 is 14.8 Å². The van der Waals surface area contributed by atoms with Crippen LogP contribution in [0.15, 0.2) is 30.3 Å². The fourth-order valence-corrected chi connectivity index (χ4v) is 2.64. The molecule has 2 aromatic carbocycles. The standard InChI is InChI=1S/C20H21F2NO4/c1-11-7-12(2)19(13(3)8-11)26-10-18(24)27-14(4)20(25)23-17-6-5-15(21)9-16(17)22/h5-9,14H,10H2,1-4H3,(H,23,25)/t14-/m1/s1. The number of hydrogen-bond acceptors (Lipinski definition) is 4. The molecule has 0 saturated carbocycles. The van der Waals surface area contributed by atoms with Gasteiger partial charge in [0, 0.05) is 6.07 Å². The highest BCUT2D eigenvalue weighted by molar-refractivity contribution is 5.95. The zero-order valence-electron chi connectivity index (χ0n) is 15.6. The normalized spacial score (nSPS) is 11.6. The van der Waals surface area contributed by atoms with E-state index in [-0.39, 0.29) is 12.3 Å². The minimum absolute atomic E-state index is 0.202. The molecule has 5 nitrogen and oxygen atoms in total. The SMILES string of the molecule is Cc1cc(C)c(OCC(=O)O[C@H](C)C(=O)Nc2ccc(F)cc2F)c(C)c1. The molecule has 0 saturated heterocycles. The van der Waals surface area contributed by atoms with Crippen molar-refractivity contribution < 1.29 is 27.8 Å². The molecule has 0 aliphatic carbocycles. The van der Waals surface area contributed by atoms with E-state index in [0.29, 0.717) is 11.8 Å². The maximum absolute atomic E-state index is 13.6. The Morgan fingerprint density at radius 2 is 1.70 bits per heavy atom. The summed E-state index contributed by atoms with van der Waals surface area (Å²) in [4.78, 5) is 23.9. The molecule has 0 aliphatic rings. The molecule has 0 aliphatic heterocycles. The highest BCUT2D eigenvalue weighted by Crippen LogP contribution is 2.24. The minimum Gasteiger partial charge on any atom is -0.481 e. The number of amides is 1. The molecule has 1 amide bonds. The monoisotopic (exact) mass is 377 g/mol. The van der Waals surface area contributed by atoms with Crippen molar-refractivity contribution in [1.29, 1.82) is 0 Å². The highest BCUT2D eigenvalue weighted by atomic mass is 19.1. The van der Waals surface area contributed by atoms with Gasteiger partial charge in [-0.3, -0.25) is 4.79 Å². The predicted octanol–water partition coefficient (Wildman–Crippen LogP) is 3.84. The van der Waals surface area contributed by atoms with Gasteiger partial charge in [0.1, 0.15) is 17.4 Å². The molecule has 0 fully saturated rings. The fraction of sp³-hybridized carbons (Fsp3) is 0.300. The zero-order valence-corrected chi connectivity index (χ0v) is 15.6. The first-order valence-electron chi connectivity index (χ1n) is 8.33. The molecule has 0 spiro atoms. The second kappa shape index (κ2) is 8.62. The number of anilines is 1. The second-order valence-electron chi connectivity index (χ2n) is 6.26. The second-order valence-corrected chi connectivity index (χ2v) is 6.26. The number of carbonyl (C=O) groups excluding carboxylic acids is 2. The molecule has 0 heterocycles. The fourth-order valence-electron chi connectivity index (χ4n) is 2.64. The molecular weight excluding hydrogens is 356 g/mol. The summed E-state index contributed by atoms with van der Waals surface area (Å²) in [7, 11) is 0. The van der Waals surface area contributed by atoms with Gasteiger partial charge in [-0.2, -0.15) is 0 Å². The van der Waals surface area contributed by atoms with Gasteiger partial charge in [-0.05, 0) is 51.0 Å². The van der Waals surface area contributed by atoms with Gasteiger partial charge in [0.2, 0.25) is 0 Å². The predicted molar refractivity (Wildman–Crippen MR) is 96.7 cm³/mol. The lowest BCUT2D eigenvalue weighted by Crippen LogP contribution is -2.32. The van der Waals surface area contributed by atoms with Crippen LogP contribution in [-0.2, 0) is 14.3 Å². The van der Waals surface area contributed by atoms with Gasteiger partial charge in [0.15, 0.2) is 12.7 Å². The molecule has 0 bridgehead atoms. The van der Waals surface area contributed by atoms with Crippen LogP contribution in [-0.4, -0.2) is 24.6 Å².